The van der Waals surface area contributed by atoms with Gasteiger partial charge in [-0.25, -0.2) is 4.79 Å². The van der Waals surface area contributed by atoms with E-state index in [0.717, 1.165) is 6.42 Å². The molecular weight excluding hydrogens is 284 g/mol. The van der Waals surface area contributed by atoms with E-state index in [0.29, 0.717) is 12.8 Å². The zero-order valence-corrected chi connectivity index (χ0v) is 11.7. The number of hydrogen-bond donors (Lipinski definition) is 3. The lowest BCUT2D eigenvalue weighted by Crippen LogP contribution is -2.56. The minimum absolute atomic E-state index is 0.0680. The topological polar surface area (TPSA) is 102 Å². The number of aromatic carboxylic acids is 1. The predicted molar refractivity (Wildman–Crippen MR) is 74.4 cm³/mol. The molecule has 0 spiro atoms. The lowest BCUT2D eigenvalue weighted by Gasteiger charge is -2.36. The van der Waals surface area contributed by atoms with Crippen LogP contribution < -0.4 is 15.8 Å². The highest BCUT2D eigenvalue weighted by atomic mass is 35.5. The number of anilines is 1. The molecule has 20 heavy (non-hydrogen) atoms. The van der Waals surface area contributed by atoms with Gasteiger partial charge in [-0.05, 0) is 25.3 Å². The van der Waals surface area contributed by atoms with E-state index in [1.54, 1.807) is 0 Å². The van der Waals surface area contributed by atoms with Crippen molar-refractivity contribution in [1.29, 1.82) is 0 Å². The van der Waals surface area contributed by atoms with Crippen LogP contribution in [0.4, 0.5) is 5.69 Å². The summed E-state index contributed by atoms with van der Waals surface area (Å²) in [5, 5.41) is 11.8. The van der Waals surface area contributed by atoms with Crippen LogP contribution in [0.1, 0.15) is 29.6 Å². The molecule has 1 fully saturated rings. The first kappa shape index (κ1) is 14.6. The molecule has 0 saturated heterocycles. The Morgan fingerprint density at radius 3 is 2.55 bits per heavy atom. The van der Waals surface area contributed by atoms with Crippen molar-refractivity contribution >= 4 is 29.2 Å². The van der Waals surface area contributed by atoms with Gasteiger partial charge in [0.15, 0.2) is 0 Å². The van der Waals surface area contributed by atoms with Crippen LogP contribution in [0.5, 0.6) is 5.75 Å². The maximum absolute atomic E-state index is 12.0. The molecule has 1 amide bonds. The Morgan fingerprint density at radius 2 is 2.10 bits per heavy atom. The first-order valence-corrected chi connectivity index (χ1v) is 6.46. The molecule has 1 aromatic carbocycles. The summed E-state index contributed by atoms with van der Waals surface area (Å²) in [6, 6.07) is 2.62. The number of carbonyl (C=O) groups excluding carboxylic acids is 1. The van der Waals surface area contributed by atoms with Gasteiger partial charge >= 0.3 is 5.97 Å². The van der Waals surface area contributed by atoms with Crippen LogP contribution in [0, 0.1) is 0 Å². The van der Waals surface area contributed by atoms with E-state index in [9.17, 15) is 9.59 Å². The molecule has 1 aliphatic carbocycles. The molecule has 4 N–H and O–H groups in total. The smallest absolute Gasteiger partial charge is 0.339 e. The monoisotopic (exact) mass is 298 g/mol. The Hall–Kier alpha value is -1.79. The third kappa shape index (κ3) is 2.57. The molecule has 2 rings (SSSR count). The highest BCUT2D eigenvalue weighted by molar-refractivity contribution is 6.34. The summed E-state index contributed by atoms with van der Waals surface area (Å²) in [5.41, 5.74) is 5.27. The van der Waals surface area contributed by atoms with Crippen molar-refractivity contribution < 1.29 is 19.4 Å². The van der Waals surface area contributed by atoms with Crippen LogP contribution in [-0.4, -0.2) is 29.6 Å². The van der Waals surface area contributed by atoms with Gasteiger partial charge in [-0.1, -0.05) is 11.6 Å². The van der Waals surface area contributed by atoms with Gasteiger partial charge in [-0.15, -0.1) is 0 Å². The minimum atomic E-state index is -1.16. The Balaban J connectivity index is 2.28. The number of nitrogens with two attached hydrogens (primary N) is 1. The molecule has 0 radical (unpaired) electrons. The van der Waals surface area contributed by atoms with E-state index >= 15 is 0 Å². The van der Waals surface area contributed by atoms with E-state index in [2.05, 4.69) is 5.32 Å². The van der Waals surface area contributed by atoms with E-state index in [-0.39, 0.29) is 27.9 Å². The molecule has 1 aromatic rings. The van der Waals surface area contributed by atoms with Crippen LogP contribution in [-0.2, 0) is 4.79 Å². The van der Waals surface area contributed by atoms with Crippen molar-refractivity contribution in [3.8, 4) is 5.75 Å². The zero-order chi connectivity index (χ0) is 14.9. The second kappa shape index (κ2) is 5.30. The zero-order valence-electron chi connectivity index (χ0n) is 10.9. The molecule has 0 unspecified atom stereocenters. The number of rotatable bonds is 4. The Bertz CT molecular complexity index is 570. The Kier molecular flexibility index (Phi) is 3.87. The van der Waals surface area contributed by atoms with Crippen molar-refractivity contribution in [1.82, 2.24) is 0 Å². The SMILES string of the molecule is COc1cc(NC(=O)C2(N)CCC2)c(Cl)cc1C(=O)O. The third-order valence-corrected chi connectivity index (χ3v) is 3.78. The molecule has 0 atom stereocenters. The Labute approximate surface area is 120 Å². The van der Waals surface area contributed by atoms with Crippen molar-refractivity contribution in [2.24, 2.45) is 5.73 Å². The summed E-state index contributed by atoms with van der Waals surface area (Å²) in [6.45, 7) is 0. The lowest BCUT2D eigenvalue weighted by molar-refractivity contribution is -0.123. The fraction of sp³-hybridized carbons (Fsp3) is 0.385. The van der Waals surface area contributed by atoms with E-state index in [1.165, 1.54) is 19.2 Å². The molecular formula is C13H15ClN2O4. The lowest BCUT2D eigenvalue weighted by atomic mass is 9.77. The third-order valence-electron chi connectivity index (χ3n) is 3.47. The van der Waals surface area contributed by atoms with Gasteiger partial charge in [0.25, 0.3) is 0 Å². The van der Waals surface area contributed by atoms with Gasteiger partial charge in [0.2, 0.25) is 5.91 Å². The average Bonchev–Trinajstić information content (AvgIpc) is 2.37. The highest BCUT2D eigenvalue weighted by Crippen LogP contribution is 2.34. The summed E-state index contributed by atoms with van der Waals surface area (Å²) in [7, 11) is 1.34. The second-order valence-electron chi connectivity index (χ2n) is 4.80. The van der Waals surface area contributed by atoms with Crippen LogP contribution in [0.15, 0.2) is 12.1 Å². The first-order valence-electron chi connectivity index (χ1n) is 6.08. The number of hydrogen-bond acceptors (Lipinski definition) is 4. The van der Waals surface area contributed by atoms with E-state index in [4.69, 9.17) is 27.2 Å². The van der Waals surface area contributed by atoms with Crippen molar-refractivity contribution in [3.63, 3.8) is 0 Å². The molecule has 1 aliphatic rings. The number of nitrogens with one attached hydrogen (secondary N) is 1. The number of carboxylic acids is 1. The minimum Gasteiger partial charge on any atom is -0.496 e. The molecule has 108 valence electrons. The summed E-state index contributed by atoms with van der Waals surface area (Å²) in [6.07, 6.45) is 2.17. The Morgan fingerprint density at radius 1 is 1.45 bits per heavy atom. The first-order chi connectivity index (χ1) is 9.37. The maximum atomic E-state index is 12.0. The van der Waals surface area contributed by atoms with Gasteiger partial charge in [0, 0.05) is 6.07 Å². The highest BCUT2D eigenvalue weighted by Gasteiger charge is 2.40. The second-order valence-corrected chi connectivity index (χ2v) is 5.21. The largest absolute Gasteiger partial charge is 0.496 e. The van der Waals surface area contributed by atoms with E-state index in [1.807, 2.05) is 0 Å². The number of benzene rings is 1. The van der Waals surface area contributed by atoms with Gasteiger partial charge < -0.3 is 20.9 Å². The normalized spacial score (nSPS) is 16.1. The van der Waals surface area contributed by atoms with Crippen molar-refractivity contribution in [2.45, 2.75) is 24.8 Å². The quantitative estimate of drug-likeness (QED) is 0.787. The van der Waals surface area contributed by atoms with Gasteiger partial charge in [0.1, 0.15) is 11.3 Å². The number of carbonyl (C=O) groups is 2. The van der Waals surface area contributed by atoms with Crippen molar-refractivity contribution in [2.75, 3.05) is 12.4 Å². The van der Waals surface area contributed by atoms with Crippen LogP contribution in [0.2, 0.25) is 5.02 Å². The van der Waals surface area contributed by atoms with Crippen LogP contribution >= 0.6 is 11.6 Å². The van der Waals surface area contributed by atoms with Crippen LogP contribution in [0.3, 0.4) is 0 Å². The molecule has 0 bridgehead atoms. The summed E-state index contributed by atoms with van der Waals surface area (Å²) < 4.78 is 4.99. The number of methoxy groups -OCH3 is 1. The molecule has 1 saturated carbocycles. The molecule has 7 heteroatoms. The standard InChI is InChI=1S/C13H15ClN2O4/c1-20-10-6-9(8(14)5-7(10)11(17)18)16-12(19)13(15)3-2-4-13/h5-6H,2-4,15H2,1H3,(H,16,19)(H,17,18). The molecule has 0 heterocycles. The van der Waals surface area contributed by atoms with Gasteiger partial charge in [0.05, 0.1) is 23.4 Å². The number of ether oxygens (including phenoxy) is 1. The molecule has 0 aliphatic heterocycles. The van der Waals surface area contributed by atoms with Crippen LogP contribution in [0.25, 0.3) is 0 Å². The molecule has 6 nitrogen and oxygen atoms in total. The van der Waals surface area contributed by atoms with Gasteiger partial charge in [-0.2, -0.15) is 0 Å². The summed E-state index contributed by atoms with van der Waals surface area (Å²) in [4.78, 5) is 23.1. The van der Waals surface area contributed by atoms with Gasteiger partial charge in [-0.3, -0.25) is 4.79 Å². The number of halogens is 1. The molecule has 0 aromatic heterocycles. The van der Waals surface area contributed by atoms with Crippen molar-refractivity contribution in [3.05, 3.63) is 22.7 Å². The fourth-order valence-corrected chi connectivity index (χ4v) is 2.23. The number of carboxylic acid groups (broad SMARTS) is 1. The predicted octanol–water partition coefficient (Wildman–Crippen LogP) is 1.87. The fourth-order valence-electron chi connectivity index (χ4n) is 2.02. The summed E-state index contributed by atoms with van der Waals surface area (Å²) in [5.74, 6) is -1.36. The average molecular weight is 299 g/mol. The van der Waals surface area contributed by atoms with E-state index < -0.39 is 11.5 Å². The summed E-state index contributed by atoms with van der Waals surface area (Å²) >= 11 is 5.98. The maximum Gasteiger partial charge on any atom is 0.339 e. The number of amides is 1.